The SMILES string of the molecule is O=C(CCC1C(=O)N=C2c3ccccc3N=C(SCc3cccc(F)c3)N21)NCc1ccco1. The van der Waals surface area contributed by atoms with Crippen LogP contribution in [-0.2, 0) is 21.9 Å². The number of amidine groups is 2. The molecule has 0 fully saturated rings. The topological polar surface area (TPSA) is 87.3 Å². The monoisotopic (exact) mass is 476 g/mol. The van der Waals surface area contributed by atoms with Gasteiger partial charge in [-0.05, 0) is 48.4 Å². The lowest BCUT2D eigenvalue weighted by Gasteiger charge is -2.31. The van der Waals surface area contributed by atoms with Crippen molar-refractivity contribution in [3.05, 3.63) is 89.6 Å². The first kappa shape index (κ1) is 22.1. The van der Waals surface area contributed by atoms with Crippen LogP contribution in [0.1, 0.15) is 29.7 Å². The van der Waals surface area contributed by atoms with E-state index in [1.807, 2.05) is 35.2 Å². The predicted octanol–water partition coefficient (Wildman–Crippen LogP) is 4.41. The van der Waals surface area contributed by atoms with Crippen molar-refractivity contribution in [3.8, 4) is 0 Å². The second-order valence-corrected chi connectivity index (χ2v) is 8.83. The van der Waals surface area contributed by atoms with Gasteiger partial charge in [-0.2, -0.15) is 4.99 Å². The number of fused-ring (bicyclic) bond motifs is 3. The summed E-state index contributed by atoms with van der Waals surface area (Å²) in [6, 6.07) is 16.8. The number of nitrogens with one attached hydrogen (secondary N) is 1. The van der Waals surface area contributed by atoms with Crippen LogP contribution >= 0.6 is 11.8 Å². The second kappa shape index (κ2) is 9.64. The van der Waals surface area contributed by atoms with Gasteiger partial charge in [-0.1, -0.05) is 36.0 Å². The van der Waals surface area contributed by atoms with Crippen molar-refractivity contribution in [3.63, 3.8) is 0 Å². The fourth-order valence-electron chi connectivity index (χ4n) is 3.91. The Bertz CT molecular complexity index is 1290. The fourth-order valence-corrected chi connectivity index (χ4v) is 4.90. The first-order valence-electron chi connectivity index (χ1n) is 10.8. The number of benzene rings is 2. The molecule has 5 rings (SSSR count). The number of thioether (sulfide) groups is 1. The Morgan fingerprint density at radius 1 is 1.12 bits per heavy atom. The summed E-state index contributed by atoms with van der Waals surface area (Å²) in [4.78, 5) is 36.2. The molecule has 1 atom stereocenters. The third-order valence-electron chi connectivity index (χ3n) is 5.55. The molecule has 1 aromatic heterocycles. The molecule has 0 saturated carbocycles. The van der Waals surface area contributed by atoms with Crippen molar-refractivity contribution in [2.45, 2.75) is 31.2 Å². The normalized spacial score (nSPS) is 16.6. The zero-order chi connectivity index (χ0) is 23.5. The number of nitrogens with zero attached hydrogens (tertiary/aromatic N) is 3. The van der Waals surface area contributed by atoms with Gasteiger partial charge in [0.1, 0.15) is 23.5 Å². The van der Waals surface area contributed by atoms with Crippen LogP contribution < -0.4 is 5.32 Å². The Morgan fingerprint density at radius 3 is 2.82 bits per heavy atom. The van der Waals surface area contributed by atoms with Crippen molar-refractivity contribution in [1.29, 1.82) is 0 Å². The van der Waals surface area contributed by atoms with E-state index in [0.29, 0.717) is 29.1 Å². The Kier molecular flexibility index (Phi) is 6.27. The molecule has 34 heavy (non-hydrogen) atoms. The molecule has 0 radical (unpaired) electrons. The maximum Gasteiger partial charge on any atom is 0.270 e. The molecule has 0 saturated heterocycles. The smallest absolute Gasteiger partial charge is 0.270 e. The maximum absolute atomic E-state index is 13.6. The van der Waals surface area contributed by atoms with Crippen molar-refractivity contribution < 1.29 is 18.4 Å². The van der Waals surface area contributed by atoms with E-state index in [1.54, 1.807) is 24.5 Å². The molecule has 2 aromatic carbocycles. The fraction of sp³-hybridized carbons (Fsp3) is 0.200. The standard InChI is InChI=1S/C25H21FN4O3S/c26-17-6-3-5-16(13-17)15-34-25-28-20-9-2-1-8-19(20)23-29-24(32)21(30(23)25)10-11-22(31)27-14-18-7-4-12-33-18/h1-9,12-13,21H,10-11,14-15H2,(H,27,31). The number of carbonyl (C=O) groups is 2. The van der Waals surface area contributed by atoms with Crippen LogP contribution in [-0.4, -0.2) is 33.8 Å². The van der Waals surface area contributed by atoms with Gasteiger partial charge in [0.2, 0.25) is 5.91 Å². The van der Waals surface area contributed by atoms with Crippen molar-refractivity contribution in [2.24, 2.45) is 9.98 Å². The van der Waals surface area contributed by atoms with Gasteiger partial charge in [0, 0.05) is 17.7 Å². The molecule has 7 nitrogen and oxygen atoms in total. The molecule has 3 aromatic rings. The molecule has 9 heteroatoms. The van der Waals surface area contributed by atoms with E-state index in [4.69, 9.17) is 9.41 Å². The van der Waals surface area contributed by atoms with E-state index >= 15 is 0 Å². The van der Waals surface area contributed by atoms with E-state index in [1.165, 1.54) is 23.9 Å². The summed E-state index contributed by atoms with van der Waals surface area (Å²) >= 11 is 1.41. The van der Waals surface area contributed by atoms with E-state index in [0.717, 1.165) is 16.8 Å². The van der Waals surface area contributed by atoms with Crippen LogP contribution in [0.25, 0.3) is 0 Å². The zero-order valence-electron chi connectivity index (χ0n) is 18.1. The van der Waals surface area contributed by atoms with E-state index in [9.17, 15) is 14.0 Å². The zero-order valence-corrected chi connectivity index (χ0v) is 18.9. The molecule has 1 unspecified atom stereocenters. The van der Waals surface area contributed by atoms with Gasteiger partial charge < -0.3 is 9.73 Å². The minimum atomic E-state index is -0.628. The molecule has 0 aliphatic carbocycles. The molecule has 2 aliphatic heterocycles. The van der Waals surface area contributed by atoms with Gasteiger partial charge in [-0.25, -0.2) is 9.38 Å². The molecule has 172 valence electrons. The summed E-state index contributed by atoms with van der Waals surface area (Å²) in [5.41, 5.74) is 2.31. The number of halogens is 1. The predicted molar refractivity (Wildman–Crippen MR) is 128 cm³/mol. The molecule has 0 spiro atoms. The van der Waals surface area contributed by atoms with Crippen LogP contribution in [0.5, 0.6) is 0 Å². The second-order valence-electron chi connectivity index (χ2n) is 7.88. The summed E-state index contributed by atoms with van der Waals surface area (Å²) in [6.45, 7) is 0.291. The van der Waals surface area contributed by atoms with Crippen LogP contribution in [0, 0.1) is 5.82 Å². The Hall–Kier alpha value is -3.72. The van der Waals surface area contributed by atoms with E-state index in [2.05, 4.69) is 10.3 Å². The summed E-state index contributed by atoms with van der Waals surface area (Å²) in [7, 11) is 0. The first-order chi connectivity index (χ1) is 16.6. The van der Waals surface area contributed by atoms with E-state index < -0.39 is 6.04 Å². The van der Waals surface area contributed by atoms with Gasteiger partial charge in [0.15, 0.2) is 5.17 Å². The van der Waals surface area contributed by atoms with Gasteiger partial charge in [0.05, 0.1) is 18.5 Å². The quantitative estimate of drug-likeness (QED) is 0.546. The minimum absolute atomic E-state index is 0.153. The van der Waals surface area contributed by atoms with Crippen LogP contribution in [0.4, 0.5) is 10.1 Å². The van der Waals surface area contributed by atoms with Crippen LogP contribution in [0.15, 0.2) is 81.3 Å². The number of rotatable bonds is 7. The Labute approximate surface area is 199 Å². The minimum Gasteiger partial charge on any atom is -0.467 e. The third kappa shape index (κ3) is 4.65. The largest absolute Gasteiger partial charge is 0.467 e. The highest BCUT2D eigenvalue weighted by Gasteiger charge is 2.41. The number of amides is 2. The van der Waals surface area contributed by atoms with Crippen LogP contribution in [0.2, 0.25) is 0 Å². The lowest BCUT2D eigenvalue weighted by atomic mass is 10.1. The highest BCUT2D eigenvalue weighted by atomic mass is 32.2. The molecular weight excluding hydrogens is 455 g/mol. The highest BCUT2D eigenvalue weighted by Crippen LogP contribution is 2.36. The summed E-state index contributed by atoms with van der Waals surface area (Å²) in [5.74, 6) is 0.897. The summed E-state index contributed by atoms with van der Waals surface area (Å²) in [5, 5.41) is 3.41. The molecule has 0 bridgehead atoms. The van der Waals surface area contributed by atoms with Crippen molar-refractivity contribution >= 4 is 40.3 Å². The summed E-state index contributed by atoms with van der Waals surface area (Å²) in [6.07, 6.45) is 1.99. The Morgan fingerprint density at radius 2 is 2.00 bits per heavy atom. The molecule has 2 aliphatic rings. The van der Waals surface area contributed by atoms with Gasteiger partial charge in [-0.15, -0.1) is 0 Å². The lowest BCUT2D eigenvalue weighted by molar-refractivity contribution is -0.122. The number of para-hydroxylation sites is 1. The van der Waals surface area contributed by atoms with Crippen molar-refractivity contribution in [1.82, 2.24) is 10.2 Å². The number of furan rings is 1. The maximum atomic E-state index is 13.6. The first-order valence-corrected chi connectivity index (χ1v) is 11.8. The van der Waals surface area contributed by atoms with Gasteiger partial charge in [0.25, 0.3) is 5.91 Å². The number of hydrogen-bond donors (Lipinski definition) is 1. The third-order valence-corrected chi connectivity index (χ3v) is 6.57. The number of hydrogen-bond acceptors (Lipinski definition) is 6. The van der Waals surface area contributed by atoms with Gasteiger partial charge in [-0.3, -0.25) is 14.5 Å². The van der Waals surface area contributed by atoms with Crippen LogP contribution in [0.3, 0.4) is 0 Å². The molecule has 3 heterocycles. The van der Waals surface area contributed by atoms with Gasteiger partial charge >= 0.3 is 0 Å². The number of carbonyl (C=O) groups excluding carboxylic acids is 2. The lowest BCUT2D eigenvalue weighted by Crippen LogP contribution is -2.44. The Balaban J connectivity index is 1.33. The highest BCUT2D eigenvalue weighted by molar-refractivity contribution is 8.13. The molecular formula is C25H21FN4O3S. The summed E-state index contributed by atoms with van der Waals surface area (Å²) < 4.78 is 18.9. The molecule has 1 N–H and O–H groups in total. The average molecular weight is 477 g/mol. The average Bonchev–Trinajstić information content (AvgIpc) is 3.47. The number of aliphatic imine (C=N–C) groups is 2. The molecule has 2 amide bonds. The van der Waals surface area contributed by atoms with Crippen molar-refractivity contribution in [2.75, 3.05) is 0 Å². The van der Waals surface area contributed by atoms with E-state index in [-0.39, 0.29) is 30.5 Å².